The highest BCUT2D eigenvalue weighted by Crippen LogP contribution is 2.30. The van der Waals surface area contributed by atoms with Gasteiger partial charge in [-0.3, -0.25) is 0 Å². The summed E-state index contributed by atoms with van der Waals surface area (Å²) in [6, 6.07) is 5.43. The van der Waals surface area contributed by atoms with Gasteiger partial charge in [-0.2, -0.15) is 0 Å². The number of hydrogen-bond acceptors (Lipinski definition) is 6. The van der Waals surface area contributed by atoms with Crippen molar-refractivity contribution in [3.8, 4) is 17.1 Å². The summed E-state index contributed by atoms with van der Waals surface area (Å²) in [6.45, 7) is 1.45. The molecule has 0 spiro atoms. The van der Waals surface area contributed by atoms with Crippen LogP contribution in [-0.4, -0.2) is 40.0 Å². The van der Waals surface area contributed by atoms with Crippen molar-refractivity contribution in [1.82, 2.24) is 20.2 Å². The summed E-state index contributed by atoms with van der Waals surface area (Å²) in [5.74, 6) is 1.35. The molecule has 0 saturated carbocycles. The van der Waals surface area contributed by atoms with Crippen molar-refractivity contribution in [2.24, 2.45) is 0 Å². The average Bonchev–Trinajstić information content (AvgIpc) is 2.96. The molecule has 0 amide bonds. The molecule has 1 aliphatic heterocycles. The fourth-order valence-corrected chi connectivity index (χ4v) is 2.57. The van der Waals surface area contributed by atoms with Crippen LogP contribution in [0.15, 0.2) is 18.2 Å². The number of anilines is 1. The van der Waals surface area contributed by atoms with Crippen molar-refractivity contribution in [3.63, 3.8) is 0 Å². The minimum atomic E-state index is 0.160. The van der Waals surface area contributed by atoms with Gasteiger partial charge in [-0.1, -0.05) is 0 Å². The number of tetrazole rings is 1. The molecule has 2 N–H and O–H groups in total. The summed E-state index contributed by atoms with van der Waals surface area (Å²) >= 11 is 0. The minimum absolute atomic E-state index is 0.160. The predicted octanol–water partition coefficient (Wildman–Crippen LogP) is 1.50. The SMILES string of the molecule is COc1ccc(N)cc1-c1nnnn1CC1CCCCO1. The van der Waals surface area contributed by atoms with Crippen LogP contribution in [0.1, 0.15) is 19.3 Å². The maximum absolute atomic E-state index is 5.86. The van der Waals surface area contributed by atoms with Gasteiger partial charge in [-0.25, -0.2) is 4.68 Å². The van der Waals surface area contributed by atoms with Gasteiger partial charge in [-0.05, 0) is 47.9 Å². The molecular weight excluding hydrogens is 270 g/mol. The van der Waals surface area contributed by atoms with Crippen LogP contribution >= 0.6 is 0 Å². The highest BCUT2D eigenvalue weighted by molar-refractivity contribution is 5.68. The van der Waals surface area contributed by atoms with E-state index in [1.165, 1.54) is 6.42 Å². The number of aromatic nitrogens is 4. The number of benzene rings is 1. The van der Waals surface area contributed by atoms with Crippen molar-refractivity contribution in [3.05, 3.63) is 18.2 Å². The summed E-state index contributed by atoms with van der Waals surface area (Å²) in [6.07, 6.45) is 3.51. The average molecular weight is 289 g/mol. The van der Waals surface area contributed by atoms with Crippen LogP contribution in [0.4, 0.5) is 5.69 Å². The Balaban J connectivity index is 1.89. The summed E-state index contributed by atoms with van der Waals surface area (Å²) in [4.78, 5) is 0. The van der Waals surface area contributed by atoms with Crippen molar-refractivity contribution in [1.29, 1.82) is 0 Å². The predicted molar refractivity (Wildman–Crippen MR) is 77.8 cm³/mol. The van der Waals surface area contributed by atoms with Crippen LogP contribution in [0.3, 0.4) is 0 Å². The van der Waals surface area contributed by atoms with Crippen LogP contribution in [0.5, 0.6) is 5.75 Å². The van der Waals surface area contributed by atoms with Crippen molar-refractivity contribution in [2.45, 2.75) is 31.9 Å². The fourth-order valence-electron chi connectivity index (χ4n) is 2.57. The van der Waals surface area contributed by atoms with E-state index in [1.54, 1.807) is 17.9 Å². The molecule has 7 heteroatoms. The molecule has 7 nitrogen and oxygen atoms in total. The van der Waals surface area contributed by atoms with Gasteiger partial charge in [0, 0.05) is 12.3 Å². The maximum Gasteiger partial charge on any atom is 0.185 e. The van der Waals surface area contributed by atoms with Crippen LogP contribution in [0.2, 0.25) is 0 Å². The summed E-state index contributed by atoms with van der Waals surface area (Å²) in [5.41, 5.74) is 7.30. The van der Waals surface area contributed by atoms with E-state index in [9.17, 15) is 0 Å². The van der Waals surface area contributed by atoms with E-state index >= 15 is 0 Å². The van der Waals surface area contributed by atoms with Crippen LogP contribution in [0, 0.1) is 0 Å². The molecule has 1 fully saturated rings. The zero-order chi connectivity index (χ0) is 14.7. The Kier molecular flexibility index (Phi) is 4.01. The Morgan fingerprint density at radius 2 is 2.33 bits per heavy atom. The topological polar surface area (TPSA) is 88.1 Å². The lowest BCUT2D eigenvalue weighted by molar-refractivity contribution is 0.00397. The number of nitrogens with two attached hydrogens (primary N) is 1. The zero-order valence-electron chi connectivity index (χ0n) is 12.0. The molecule has 1 aromatic heterocycles. The second-order valence-corrected chi connectivity index (χ2v) is 5.13. The first-order chi connectivity index (χ1) is 10.3. The largest absolute Gasteiger partial charge is 0.496 e. The lowest BCUT2D eigenvalue weighted by Crippen LogP contribution is -2.25. The van der Waals surface area contributed by atoms with E-state index in [2.05, 4.69) is 15.5 Å². The van der Waals surface area contributed by atoms with E-state index in [-0.39, 0.29) is 6.10 Å². The molecular formula is C14H19N5O2. The van der Waals surface area contributed by atoms with Gasteiger partial charge in [0.25, 0.3) is 0 Å². The van der Waals surface area contributed by atoms with E-state index in [4.69, 9.17) is 15.2 Å². The van der Waals surface area contributed by atoms with Gasteiger partial charge in [0.2, 0.25) is 0 Å². The highest BCUT2D eigenvalue weighted by Gasteiger charge is 2.20. The van der Waals surface area contributed by atoms with Gasteiger partial charge in [-0.15, -0.1) is 5.10 Å². The maximum atomic E-state index is 5.86. The first-order valence-electron chi connectivity index (χ1n) is 7.09. The molecule has 0 radical (unpaired) electrons. The van der Waals surface area contributed by atoms with Gasteiger partial charge < -0.3 is 15.2 Å². The van der Waals surface area contributed by atoms with E-state index in [0.29, 0.717) is 23.8 Å². The highest BCUT2D eigenvalue weighted by atomic mass is 16.5. The van der Waals surface area contributed by atoms with Crippen LogP contribution in [0.25, 0.3) is 11.4 Å². The molecule has 1 atom stereocenters. The van der Waals surface area contributed by atoms with Crippen molar-refractivity contribution < 1.29 is 9.47 Å². The Bertz CT molecular complexity index is 607. The molecule has 112 valence electrons. The number of rotatable bonds is 4. The third-order valence-corrected chi connectivity index (χ3v) is 3.65. The fraction of sp³-hybridized carbons (Fsp3) is 0.500. The number of ether oxygens (including phenoxy) is 2. The lowest BCUT2D eigenvalue weighted by Gasteiger charge is -2.22. The quantitative estimate of drug-likeness (QED) is 0.858. The Labute approximate surface area is 123 Å². The lowest BCUT2D eigenvalue weighted by atomic mass is 10.1. The summed E-state index contributed by atoms with van der Waals surface area (Å²) < 4.78 is 12.9. The summed E-state index contributed by atoms with van der Waals surface area (Å²) in [7, 11) is 1.62. The van der Waals surface area contributed by atoms with Gasteiger partial charge >= 0.3 is 0 Å². The third kappa shape index (κ3) is 2.97. The molecule has 0 bridgehead atoms. The van der Waals surface area contributed by atoms with Gasteiger partial charge in [0.05, 0.1) is 25.3 Å². The minimum Gasteiger partial charge on any atom is -0.496 e. The first kappa shape index (κ1) is 13.8. The molecule has 3 rings (SSSR count). The number of hydrogen-bond donors (Lipinski definition) is 1. The van der Waals surface area contributed by atoms with E-state index in [1.807, 2.05) is 12.1 Å². The van der Waals surface area contributed by atoms with Crippen molar-refractivity contribution in [2.75, 3.05) is 19.5 Å². The molecule has 2 heterocycles. The second-order valence-electron chi connectivity index (χ2n) is 5.13. The van der Waals surface area contributed by atoms with E-state index in [0.717, 1.165) is 25.0 Å². The second kappa shape index (κ2) is 6.09. The normalized spacial score (nSPS) is 18.6. The molecule has 0 aliphatic carbocycles. The molecule has 21 heavy (non-hydrogen) atoms. The van der Waals surface area contributed by atoms with Crippen LogP contribution in [-0.2, 0) is 11.3 Å². The van der Waals surface area contributed by atoms with Gasteiger partial charge in [0.15, 0.2) is 5.82 Å². The molecule has 1 aromatic carbocycles. The monoisotopic (exact) mass is 289 g/mol. The van der Waals surface area contributed by atoms with Gasteiger partial charge in [0.1, 0.15) is 5.75 Å². The Hall–Kier alpha value is -2.15. The van der Waals surface area contributed by atoms with Crippen LogP contribution < -0.4 is 10.5 Å². The first-order valence-corrected chi connectivity index (χ1v) is 7.09. The zero-order valence-corrected chi connectivity index (χ0v) is 12.0. The Morgan fingerprint density at radius 1 is 1.43 bits per heavy atom. The number of nitrogen functional groups attached to an aromatic ring is 1. The van der Waals surface area contributed by atoms with E-state index < -0.39 is 0 Å². The Morgan fingerprint density at radius 3 is 3.10 bits per heavy atom. The standard InChI is InChI=1S/C14H19N5O2/c1-20-13-6-5-10(15)8-12(13)14-16-17-18-19(14)9-11-4-2-3-7-21-11/h5-6,8,11H,2-4,7,9,15H2,1H3. The summed E-state index contributed by atoms with van der Waals surface area (Å²) in [5, 5.41) is 12.0. The smallest absolute Gasteiger partial charge is 0.185 e. The molecule has 2 aromatic rings. The molecule has 1 unspecified atom stereocenters. The number of methoxy groups -OCH3 is 1. The molecule has 1 aliphatic rings. The number of nitrogens with zero attached hydrogens (tertiary/aromatic N) is 4. The third-order valence-electron chi connectivity index (χ3n) is 3.65. The van der Waals surface area contributed by atoms with Crippen molar-refractivity contribution >= 4 is 5.69 Å². The molecule has 1 saturated heterocycles.